The molecule has 11 rings (SSSR count). The van der Waals surface area contributed by atoms with E-state index < -0.39 is 0 Å². The number of nitrogens with one attached hydrogen (secondary N) is 5. The lowest BCUT2D eigenvalue weighted by atomic mass is 10.2. The van der Waals surface area contributed by atoms with Crippen molar-refractivity contribution in [1.29, 1.82) is 0 Å². The van der Waals surface area contributed by atoms with Crippen molar-refractivity contribution in [2.45, 2.75) is 82.2 Å². The van der Waals surface area contributed by atoms with Gasteiger partial charge in [0.2, 0.25) is 47.6 Å². The lowest BCUT2D eigenvalue weighted by molar-refractivity contribution is -0.121. The van der Waals surface area contributed by atoms with Crippen LogP contribution in [0.5, 0.6) is 0 Å². The van der Waals surface area contributed by atoms with Crippen molar-refractivity contribution in [2.75, 3.05) is 19.8 Å². The van der Waals surface area contributed by atoms with E-state index in [-0.39, 0.29) is 93.1 Å². The quantitative estimate of drug-likeness (QED) is 0.116. The molecule has 1 aliphatic rings. The number of carbonyl (C=O) groups is 11. The molecule has 0 radical (unpaired) electrons. The van der Waals surface area contributed by atoms with Crippen LogP contribution in [0.4, 0.5) is 0 Å². The number of nitrogens with zero attached hydrogens (tertiary/aromatic N) is 18. The van der Waals surface area contributed by atoms with E-state index in [1.165, 1.54) is 130 Å². The van der Waals surface area contributed by atoms with Gasteiger partial charge < -0.3 is 37.9 Å². The van der Waals surface area contributed by atoms with Crippen LogP contribution in [-0.2, 0) is 9.53 Å². The molecule has 41 heteroatoms. The molecule has 1 aliphatic heterocycles. The Morgan fingerprint density at radius 3 is 1.58 bits per heavy atom. The molecular weight excluding hydrogens is 1220 g/mol. The summed E-state index contributed by atoms with van der Waals surface area (Å²) in [6.07, 6.45) is 14.9. The summed E-state index contributed by atoms with van der Waals surface area (Å²) < 4.78 is 30.2. The Bertz CT molecular complexity index is 2800. The molecule has 0 aromatic carbocycles. The van der Waals surface area contributed by atoms with E-state index in [1.54, 1.807) is 19.3 Å². The van der Waals surface area contributed by atoms with Crippen LogP contribution in [0, 0.1) is 0 Å². The summed E-state index contributed by atoms with van der Waals surface area (Å²) in [5.74, 6) is 0.266. The minimum atomic E-state index is -0.206. The number of aromatic amines is 4. The summed E-state index contributed by atoms with van der Waals surface area (Å²) in [6, 6.07) is -0.0567. The molecule has 39 nitrogen and oxygen atoms in total. The summed E-state index contributed by atoms with van der Waals surface area (Å²) in [5, 5.41) is 41.8. The number of aromatic nitrogens is 22. The molecule has 1 fully saturated rings. The van der Waals surface area contributed by atoms with Gasteiger partial charge in [0.25, 0.3) is 11.8 Å². The highest BCUT2D eigenvalue weighted by Crippen LogP contribution is 2.01. The number of Topliss-reactive ketones (excluding diaryl/α,β-unsaturated/α-hetero) is 11. The maximum Gasteiger partial charge on any atom is 0.293 e. The Kier molecular flexibility index (Phi) is 37.6. The van der Waals surface area contributed by atoms with Crippen molar-refractivity contribution < 1.29 is 75.4 Å². The smallest absolute Gasteiger partial charge is 0.293 e. The van der Waals surface area contributed by atoms with E-state index in [9.17, 15) is 52.7 Å². The average Bonchev–Trinajstić information content (AvgIpc) is 4.36. The molecule has 89 heavy (non-hydrogen) atoms. The number of ether oxygens (including phenoxy) is 1. The minimum absolute atomic E-state index is 0.0162. The van der Waals surface area contributed by atoms with Crippen molar-refractivity contribution in [1.82, 2.24) is 115 Å². The molecule has 0 amide bonds. The predicted molar refractivity (Wildman–Crippen MR) is 300 cm³/mol. The Morgan fingerprint density at radius 2 is 1.33 bits per heavy atom. The van der Waals surface area contributed by atoms with Gasteiger partial charge in [0.1, 0.15) is 41.0 Å². The fourth-order valence-corrected chi connectivity index (χ4v) is 5.34. The van der Waals surface area contributed by atoms with E-state index in [0.29, 0.717) is 40.3 Å². The summed E-state index contributed by atoms with van der Waals surface area (Å²) in [5.41, 5.74) is 2.93. The van der Waals surface area contributed by atoms with Gasteiger partial charge in [-0.2, -0.15) is 29.0 Å². The highest BCUT2D eigenvalue weighted by Gasteiger charge is 2.16. The van der Waals surface area contributed by atoms with Crippen LogP contribution in [0.15, 0.2) is 92.6 Å². The maximum absolute atomic E-state index is 10.7. The van der Waals surface area contributed by atoms with Gasteiger partial charge in [-0.1, -0.05) is 21.7 Å². The number of morpholine rings is 1. The summed E-state index contributed by atoms with van der Waals surface area (Å²) >= 11 is 2.31. The number of tetrazole rings is 1. The topological polar surface area (TPSA) is 557 Å². The highest BCUT2D eigenvalue weighted by atomic mass is 32.1. The lowest BCUT2D eigenvalue weighted by Crippen LogP contribution is -2.45. The standard InChI is InChI=1S/C6H11NO2.2C5H6N2O.C5H5NO2.C4H5N3O.3C4H4N2O2.2C4H4N2OS.C3H4N4O/c1-5(8)6-4-9-3-2-7-6;1-4(8)5-2-6-3-7-5;1-4(8)5-6-2-3-7-5;1-4(7)5-2-8-3-6-5;1-3(8)4-5-2-6-7-4;1-3(7)4-6-5-2-8-4;1-3(7)4-5-2-8-6-4;1-3(7)4-5-2-6-8-4;1-3(7)4-6-5-2-8-4;1-3(7)4-2-5-8-6-4;1-2(8)3-4-6-7-5-3/h6-7H,2-4H2,1H3;2*2-3H,1H3,(H,6,7);2-3H,1H3;2H,1H3,(H,5,6,7);5*2H,1H3;1H3,(H,4,5,6,7). The van der Waals surface area contributed by atoms with Crippen molar-refractivity contribution in [3.8, 4) is 0 Å². The fraction of sp³-hybridized carbons (Fsp3) is 0.312. The van der Waals surface area contributed by atoms with E-state index in [0.717, 1.165) is 37.7 Å². The third-order valence-electron chi connectivity index (χ3n) is 8.71. The van der Waals surface area contributed by atoms with Gasteiger partial charge in [0.05, 0.1) is 49.7 Å². The Labute approximate surface area is 509 Å². The minimum Gasteiger partial charge on any atom is -0.451 e. The van der Waals surface area contributed by atoms with Gasteiger partial charge in [0.15, 0.2) is 64.1 Å². The third-order valence-corrected chi connectivity index (χ3v) is 9.98. The van der Waals surface area contributed by atoms with E-state index >= 15 is 0 Å². The number of rotatable bonds is 11. The number of H-pyrrole nitrogens is 4. The largest absolute Gasteiger partial charge is 0.451 e. The second-order valence-corrected chi connectivity index (χ2v) is 17.3. The van der Waals surface area contributed by atoms with Crippen molar-refractivity contribution in [3.63, 3.8) is 0 Å². The molecule has 0 spiro atoms. The zero-order valence-corrected chi connectivity index (χ0v) is 50.7. The Balaban J connectivity index is 0.000000490. The molecule has 10 aromatic heterocycles. The van der Waals surface area contributed by atoms with Gasteiger partial charge in [-0.15, -0.1) is 30.6 Å². The number of hydrogen-bond donors (Lipinski definition) is 5. The Morgan fingerprint density at radius 1 is 0.618 bits per heavy atom. The fourth-order valence-electron chi connectivity index (χ4n) is 4.43. The predicted octanol–water partition coefficient (Wildman–Crippen LogP) is 3.37. The highest BCUT2D eigenvalue weighted by molar-refractivity contribution is 7.11. The molecule has 1 saturated heterocycles. The number of hydrogen-bond acceptors (Lipinski definition) is 37. The second kappa shape index (κ2) is 44.2. The van der Waals surface area contributed by atoms with E-state index in [4.69, 9.17) is 4.74 Å². The molecule has 0 bridgehead atoms. The Hall–Kier alpha value is -11.3. The van der Waals surface area contributed by atoms with Crippen LogP contribution in [-0.4, -0.2) is 200 Å². The van der Waals surface area contributed by atoms with Gasteiger partial charge in [-0.25, -0.2) is 19.9 Å². The summed E-state index contributed by atoms with van der Waals surface area (Å²) in [7, 11) is 0. The molecule has 1 atom stereocenters. The first-order valence-corrected chi connectivity index (χ1v) is 26.1. The zero-order chi connectivity index (χ0) is 66.5. The number of carbonyl (C=O) groups excluding carboxylic acids is 11. The molecule has 10 aromatic rings. The van der Waals surface area contributed by atoms with E-state index in [2.05, 4.69) is 133 Å². The SMILES string of the molecule is CC(=O)C1COCCN1.CC(=O)c1cnc[nH]1.CC(=O)c1cnsn1.CC(=O)c1cocn1.CC(=O)c1ncc[nH]1.CC(=O)c1ncn[nH]1.CC(=O)c1ncno1.CC(=O)c1ncon1.CC(=O)c1nn[nH]n1.CC(=O)c1nnco1.CC(=O)c1nncs1. The zero-order valence-electron chi connectivity index (χ0n) is 49.0. The molecule has 0 aliphatic carbocycles. The first-order valence-electron chi connectivity index (χ1n) is 24.5. The van der Waals surface area contributed by atoms with Crippen LogP contribution in [0.2, 0.25) is 0 Å². The van der Waals surface area contributed by atoms with Gasteiger partial charge in [-0.05, 0) is 12.1 Å². The molecular formula is C48H57N23O16S2. The number of imidazole rings is 2. The first kappa shape index (κ1) is 75.7. The van der Waals surface area contributed by atoms with Crippen LogP contribution < -0.4 is 5.32 Å². The number of oxazole rings is 1. The van der Waals surface area contributed by atoms with Crippen LogP contribution in [0.1, 0.15) is 181 Å². The molecule has 5 N–H and O–H groups in total. The lowest BCUT2D eigenvalue weighted by Gasteiger charge is -2.20. The molecule has 1 unspecified atom stereocenters. The first-order chi connectivity index (χ1) is 42.3. The van der Waals surface area contributed by atoms with Gasteiger partial charge >= 0.3 is 0 Å². The summed E-state index contributed by atoms with van der Waals surface area (Å²) in [4.78, 5) is 141. The second-order valence-electron chi connectivity index (χ2n) is 15.9. The van der Waals surface area contributed by atoms with Crippen LogP contribution in [0.3, 0.4) is 0 Å². The monoisotopic (exact) mass is 1280 g/mol. The molecule has 11 heterocycles. The van der Waals surface area contributed by atoms with Gasteiger partial charge in [0, 0.05) is 88.2 Å². The third kappa shape index (κ3) is 34.9. The van der Waals surface area contributed by atoms with Crippen LogP contribution >= 0.6 is 23.1 Å². The summed E-state index contributed by atoms with van der Waals surface area (Å²) in [6.45, 7) is 17.9. The maximum atomic E-state index is 10.7. The average molecular weight is 1280 g/mol. The van der Waals surface area contributed by atoms with Gasteiger partial charge in [-0.3, -0.25) is 57.8 Å². The van der Waals surface area contributed by atoms with Crippen molar-refractivity contribution in [3.05, 3.63) is 132 Å². The van der Waals surface area contributed by atoms with Crippen molar-refractivity contribution >= 4 is 86.7 Å². The molecule has 472 valence electrons. The van der Waals surface area contributed by atoms with Crippen LogP contribution in [0.25, 0.3) is 0 Å². The molecule has 0 saturated carbocycles. The van der Waals surface area contributed by atoms with Crippen molar-refractivity contribution in [2.24, 2.45) is 0 Å². The van der Waals surface area contributed by atoms with E-state index in [1.807, 2.05) is 0 Å². The number of ketones is 11. The normalized spacial score (nSPS) is 11.0.